The van der Waals surface area contributed by atoms with Gasteiger partial charge in [-0.15, -0.1) is 0 Å². The second-order valence-corrected chi connectivity index (χ2v) is 10.8. The second kappa shape index (κ2) is 13.5. The van der Waals surface area contributed by atoms with Crippen molar-refractivity contribution in [3.05, 3.63) is 57.8 Å². The number of fused-ring (bicyclic) bond motifs is 1. The monoisotopic (exact) mass is 561 g/mol. The van der Waals surface area contributed by atoms with Gasteiger partial charge in [-0.2, -0.15) is 0 Å². The van der Waals surface area contributed by atoms with Crippen molar-refractivity contribution >= 4 is 40.8 Å². The predicted molar refractivity (Wildman–Crippen MR) is 152 cm³/mol. The van der Waals surface area contributed by atoms with Gasteiger partial charge in [-0.25, -0.2) is 0 Å². The highest BCUT2D eigenvalue weighted by molar-refractivity contribution is 6.44. The van der Waals surface area contributed by atoms with Crippen molar-refractivity contribution in [1.29, 1.82) is 0 Å². The second-order valence-electron chi connectivity index (χ2n) is 9.99. The summed E-state index contributed by atoms with van der Waals surface area (Å²) in [7, 11) is 1.36. The number of piperazine rings is 1. The van der Waals surface area contributed by atoms with Crippen LogP contribution in [0.4, 0.5) is 5.69 Å². The van der Waals surface area contributed by atoms with Gasteiger partial charge >= 0.3 is 5.97 Å². The average molecular weight is 563 g/mol. The first kappa shape index (κ1) is 28.5. The third kappa shape index (κ3) is 7.13. The van der Waals surface area contributed by atoms with Crippen LogP contribution in [0.5, 0.6) is 5.75 Å². The van der Waals surface area contributed by atoms with Gasteiger partial charge in [0.2, 0.25) is 5.91 Å². The molecule has 0 spiro atoms. The molecule has 0 N–H and O–H groups in total. The normalized spacial score (nSPS) is 20.3. The maximum Gasteiger partial charge on any atom is 0.307 e. The number of amides is 1. The molecule has 1 saturated heterocycles. The van der Waals surface area contributed by atoms with Crippen molar-refractivity contribution in [1.82, 2.24) is 9.80 Å². The van der Waals surface area contributed by atoms with Crippen LogP contribution in [0.1, 0.15) is 38.2 Å². The number of anilines is 1. The highest BCUT2D eigenvalue weighted by Crippen LogP contribution is 2.34. The van der Waals surface area contributed by atoms with Crippen molar-refractivity contribution < 1.29 is 19.1 Å². The topological polar surface area (TPSA) is 62.3 Å². The summed E-state index contributed by atoms with van der Waals surface area (Å²) in [4.78, 5) is 31.0. The van der Waals surface area contributed by atoms with Crippen LogP contribution in [-0.2, 0) is 20.7 Å². The first-order valence-corrected chi connectivity index (χ1v) is 14.2. The Balaban J connectivity index is 1.22. The minimum atomic E-state index is -0.324. The molecule has 206 valence electrons. The Morgan fingerprint density at radius 3 is 2.66 bits per heavy atom. The molecular formula is C29H37Cl2N3O4. The Morgan fingerprint density at radius 1 is 1.11 bits per heavy atom. The molecule has 1 aromatic carbocycles. The lowest BCUT2D eigenvalue weighted by molar-refractivity contribution is -0.140. The number of unbranched alkanes of at least 4 members (excludes halogenated alkanes) is 1. The zero-order valence-corrected chi connectivity index (χ0v) is 23.8. The van der Waals surface area contributed by atoms with Gasteiger partial charge in [-0.05, 0) is 49.9 Å². The van der Waals surface area contributed by atoms with Gasteiger partial charge < -0.3 is 19.3 Å². The highest BCUT2D eigenvalue weighted by atomic mass is 35.5. The summed E-state index contributed by atoms with van der Waals surface area (Å²) >= 11 is 12.8. The van der Waals surface area contributed by atoms with Crippen LogP contribution >= 0.6 is 23.2 Å². The number of methoxy groups -OCH3 is 1. The molecule has 2 aliphatic heterocycles. The van der Waals surface area contributed by atoms with Gasteiger partial charge in [0.25, 0.3) is 0 Å². The molecule has 2 heterocycles. The minimum absolute atomic E-state index is 0.0341. The standard InChI is InChI=1S/C29H37Cl2N3O4/c1-21-19-22-9-10-23(20-26(22)34(29(21)36)13-11-27(35)37-2)38-18-6-5-12-32-14-16-33(17-15-32)25-8-4-3-7-24(30)28(25)31/h4,7-10,20-21H,3,5-6,11-19H2,1-2H3. The molecule has 3 aliphatic rings. The largest absolute Gasteiger partial charge is 0.494 e. The molecule has 1 unspecified atom stereocenters. The molecule has 1 amide bonds. The predicted octanol–water partition coefficient (Wildman–Crippen LogP) is 5.08. The van der Waals surface area contributed by atoms with E-state index >= 15 is 0 Å². The maximum atomic E-state index is 12.8. The van der Waals surface area contributed by atoms with E-state index in [4.69, 9.17) is 32.7 Å². The van der Waals surface area contributed by atoms with Crippen molar-refractivity contribution in [2.24, 2.45) is 5.92 Å². The number of carbonyl (C=O) groups excluding carboxylic acids is 2. The third-order valence-corrected chi connectivity index (χ3v) is 8.16. The molecule has 0 radical (unpaired) electrons. The zero-order chi connectivity index (χ0) is 27.1. The number of esters is 1. The van der Waals surface area contributed by atoms with Crippen molar-refractivity contribution in [3.8, 4) is 5.75 Å². The van der Waals surface area contributed by atoms with Gasteiger partial charge in [0, 0.05) is 44.7 Å². The van der Waals surface area contributed by atoms with E-state index < -0.39 is 0 Å². The number of hydrogen-bond acceptors (Lipinski definition) is 6. The molecule has 0 bridgehead atoms. The first-order chi connectivity index (χ1) is 18.4. The van der Waals surface area contributed by atoms with Gasteiger partial charge in [0.05, 0.1) is 41.6 Å². The summed E-state index contributed by atoms with van der Waals surface area (Å²) < 4.78 is 10.8. The Hall–Kier alpha value is -2.48. The van der Waals surface area contributed by atoms with E-state index in [1.54, 1.807) is 4.90 Å². The summed E-state index contributed by atoms with van der Waals surface area (Å²) in [5, 5.41) is 1.27. The van der Waals surface area contributed by atoms with Gasteiger partial charge in [0.15, 0.2) is 0 Å². The molecule has 0 aromatic heterocycles. The van der Waals surface area contributed by atoms with Gasteiger partial charge in [0.1, 0.15) is 5.75 Å². The number of carbonyl (C=O) groups is 2. The molecular weight excluding hydrogens is 525 g/mol. The Bertz CT molecular complexity index is 1110. The van der Waals surface area contributed by atoms with Crippen molar-refractivity contribution in [2.45, 2.75) is 39.0 Å². The highest BCUT2D eigenvalue weighted by Gasteiger charge is 2.30. The molecule has 7 nitrogen and oxygen atoms in total. The number of halogens is 2. The fourth-order valence-electron chi connectivity index (χ4n) is 5.12. The van der Waals surface area contributed by atoms with E-state index in [1.165, 1.54) is 7.11 Å². The van der Waals surface area contributed by atoms with Crippen LogP contribution < -0.4 is 9.64 Å². The molecule has 4 rings (SSSR count). The van der Waals surface area contributed by atoms with Crippen molar-refractivity contribution in [2.75, 3.05) is 57.9 Å². The molecule has 1 aliphatic carbocycles. The first-order valence-electron chi connectivity index (χ1n) is 13.4. The summed E-state index contributed by atoms with van der Waals surface area (Å²) in [6.07, 6.45) is 9.77. The van der Waals surface area contributed by atoms with Gasteiger partial charge in [-0.1, -0.05) is 48.3 Å². The maximum absolute atomic E-state index is 12.8. The number of benzene rings is 1. The average Bonchev–Trinajstić information content (AvgIpc) is 3.09. The fraction of sp³-hybridized carbons (Fsp3) is 0.517. The molecule has 1 aromatic rings. The Morgan fingerprint density at radius 2 is 1.89 bits per heavy atom. The van der Waals surface area contributed by atoms with Crippen molar-refractivity contribution in [3.63, 3.8) is 0 Å². The fourth-order valence-corrected chi connectivity index (χ4v) is 5.56. The van der Waals surface area contributed by atoms with Crippen LogP contribution in [0.2, 0.25) is 0 Å². The molecule has 0 saturated carbocycles. The Kier molecular flexibility index (Phi) is 10.2. The van der Waals surface area contributed by atoms with E-state index in [2.05, 4.69) is 22.0 Å². The third-order valence-electron chi connectivity index (χ3n) is 7.32. The Labute approximate surface area is 235 Å². The lowest BCUT2D eigenvalue weighted by Gasteiger charge is -2.37. The molecule has 9 heteroatoms. The van der Waals surface area contributed by atoms with E-state index in [1.807, 2.05) is 31.2 Å². The quantitative estimate of drug-likeness (QED) is 0.293. The van der Waals surface area contributed by atoms with Crippen LogP contribution in [-0.4, -0.2) is 74.7 Å². The number of rotatable bonds is 10. The van der Waals surface area contributed by atoms with Crippen LogP contribution in [0.15, 0.2) is 52.2 Å². The molecule has 1 atom stereocenters. The van der Waals surface area contributed by atoms with E-state index in [0.29, 0.717) is 29.6 Å². The summed E-state index contributed by atoms with van der Waals surface area (Å²) in [5.74, 6) is 0.347. The zero-order valence-electron chi connectivity index (χ0n) is 22.3. The SMILES string of the molecule is COC(=O)CCN1C(=O)C(C)Cc2ccc(OCCCCN3CCN(C4=C(Cl)C(Cl)=CCC=C4)CC3)cc21. The number of allylic oxidation sites excluding steroid dienone is 5. The summed E-state index contributed by atoms with van der Waals surface area (Å²) in [6.45, 7) is 7.70. The smallest absolute Gasteiger partial charge is 0.307 e. The van der Waals surface area contributed by atoms with E-state index in [0.717, 1.165) is 74.7 Å². The van der Waals surface area contributed by atoms with Gasteiger partial charge in [-0.3, -0.25) is 14.5 Å². The number of nitrogens with zero attached hydrogens (tertiary/aromatic N) is 3. The summed E-state index contributed by atoms with van der Waals surface area (Å²) in [5.41, 5.74) is 2.95. The van der Waals surface area contributed by atoms with Crippen LogP contribution in [0.3, 0.4) is 0 Å². The number of hydrogen-bond donors (Lipinski definition) is 0. The van der Waals surface area contributed by atoms with E-state index in [9.17, 15) is 9.59 Å². The number of ether oxygens (including phenoxy) is 2. The van der Waals surface area contributed by atoms with Crippen LogP contribution in [0, 0.1) is 5.92 Å². The lowest BCUT2D eigenvalue weighted by atomic mass is 9.93. The molecule has 1 fully saturated rings. The van der Waals surface area contributed by atoms with Crippen LogP contribution in [0.25, 0.3) is 0 Å². The summed E-state index contributed by atoms with van der Waals surface area (Å²) in [6, 6.07) is 5.94. The molecule has 38 heavy (non-hydrogen) atoms. The lowest BCUT2D eigenvalue weighted by Crippen LogP contribution is -2.46. The minimum Gasteiger partial charge on any atom is -0.494 e. The van der Waals surface area contributed by atoms with E-state index in [-0.39, 0.29) is 24.2 Å².